The molecule has 1 unspecified atom stereocenters. The van der Waals surface area contributed by atoms with Crippen molar-refractivity contribution in [1.29, 1.82) is 0 Å². The molecular weight excluding hydrogens is 232 g/mol. The smallest absolute Gasteiger partial charge is 0.00673 e. The Morgan fingerprint density at radius 2 is 1.74 bits per heavy atom. The summed E-state index contributed by atoms with van der Waals surface area (Å²) in [6.45, 7) is 14.6. The number of hydrogen-bond acceptors (Lipinski definition) is 2. The third kappa shape index (κ3) is 4.46. The van der Waals surface area contributed by atoms with Crippen molar-refractivity contribution >= 4 is 0 Å². The Balaban J connectivity index is 1.64. The Kier molecular flexibility index (Phi) is 5.30. The van der Waals surface area contributed by atoms with Gasteiger partial charge in [0.25, 0.3) is 0 Å². The normalized spacial score (nSPS) is 33.8. The summed E-state index contributed by atoms with van der Waals surface area (Å²) >= 11 is 0. The maximum atomic E-state index is 3.85. The Morgan fingerprint density at radius 1 is 1.05 bits per heavy atom. The van der Waals surface area contributed by atoms with Crippen molar-refractivity contribution in [3.8, 4) is 0 Å². The molecule has 2 heteroatoms. The molecule has 2 aliphatic rings. The summed E-state index contributed by atoms with van der Waals surface area (Å²) in [5.41, 5.74) is 0.512. The van der Waals surface area contributed by atoms with Crippen LogP contribution in [0.5, 0.6) is 0 Å². The van der Waals surface area contributed by atoms with Crippen molar-refractivity contribution in [2.75, 3.05) is 26.2 Å². The van der Waals surface area contributed by atoms with Crippen LogP contribution in [0.2, 0.25) is 0 Å². The van der Waals surface area contributed by atoms with Crippen molar-refractivity contribution in [1.82, 2.24) is 10.2 Å². The summed E-state index contributed by atoms with van der Waals surface area (Å²) in [4.78, 5) is 2.59. The zero-order valence-corrected chi connectivity index (χ0v) is 13.5. The molecule has 112 valence electrons. The van der Waals surface area contributed by atoms with E-state index in [0.717, 1.165) is 17.9 Å². The molecule has 0 aromatic rings. The van der Waals surface area contributed by atoms with Crippen LogP contribution in [0.15, 0.2) is 0 Å². The molecule has 2 rings (SSSR count). The van der Waals surface area contributed by atoms with Gasteiger partial charge < -0.3 is 10.2 Å². The summed E-state index contributed by atoms with van der Waals surface area (Å²) in [5, 5.41) is 3.85. The highest BCUT2D eigenvalue weighted by atomic mass is 15.1. The van der Waals surface area contributed by atoms with Gasteiger partial charge in [-0.05, 0) is 69.0 Å². The minimum absolute atomic E-state index is 0.512. The topological polar surface area (TPSA) is 15.3 Å². The van der Waals surface area contributed by atoms with Crippen LogP contribution in [-0.2, 0) is 0 Å². The maximum Gasteiger partial charge on any atom is 0.00673 e. The summed E-state index contributed by atoms with van der Waals surface area (Å²) < 4.78 is 0. The fraction of sp³-hybridized carbons (Fsp3) is 1.00. The fourth-order valence-electron chi connectivity index (χ4n) is 3.86. The van der Waals surface area contributed by atoms with Crippen LogP contribution in [-0.4, -0.2) is 37.1 Å². The number of nitrogens with one attached hydrogen (secondary N) is 1. The van der Waals surface area contributed by atoms with Gasteiger partial charge in [0.2, 0.25) is 0 Å². The van der Waals surface area contributed by atoms with Gasteiger partial charge in [0.1, 0.15) is 0 Å². The van der Waals surface area contributed by atoms with Gasteiger partial charge >= 0.3 is 0 Å². The molecule has 0 radical (unpaired) electrons. The third-order valence-corrected chi connectivity index (χ3v) is 5.46. The SMILES string of the molecule is CCN1CCC(CNC2CCC(C(C)(C)C)CC2)C1. The van der Waals surface area contributed by atoms with E-state index < -0.39 is 0 Å². The van der Waals surface area contributed by atoms with Crippen molar-refractivity contribution in [3.63, 3.8) is 0 Å². The van der Waals surface area contributed by atoms with Gasteiger partial charge in [-0.2, -0.15) is 0 Å². The number of likely N-dealkylation sites (tertiary alicyclic amines) is 1. The highest BCUT2D eigenvalue weighted by Crippen LogP contribution is 2.37. The second kappa shape index (κ2) is 6.58. The van der Waals surface area contributed by atoms with Gasteiger partial charge in [0.05, 0.1) is 0 Å². The van der Waals surface area contributed by atoms with Gasteiger partial charge in [0, 0.05) is 12.6 Å². The lowest BCUT2D eigenvalue weighted by atomic mass is 9.71. The Bertz CT molecular complexity index is 261. The molecule has 1 aliphatic carbocycles. The Morgan fingerprint density at radius 3 is 2.26 bits per heavy atom. The van der Waals surface area contributed by atoms with Crippen LogP contribution < -0.4 is 5.32 Å². The number of hydrogen-bond donors (Lipinski definition) is 1. The molecule has 2 nitrogen and oxygen atoms in total. The highest BCUT2D eigenvalue weighted by Gasteiger charge is 2.30. The lowest BCUT2D eigenvalue weighted by Crippen LogP contribution is -2.39. The van der Waals surface area contributed by atoms with E-state index in [9.17, 15) is 0 Å². The van der Waals surface area contributed by atoms with E-state index in [0.29, 0.717) is 5.41 Å². The molecule has 0 aromatic heterocycles. The average molecular weight is 266 g/mol. The molecule has 0 bridgehead atoms. The molecule has 1 saturated carbocycles. The zero-order chi connectivity index (χ0) is 13.9. The molecule has 2 fully saturated rings. The predicted octanol–water partition coefficient (Wildman–Crippen LogP) is 3.52. The van der Waals surface area contributed by atoms with Gasteiger partial charge in [-0.3, -0.25) is 0 Å². The zero-order valence-electron chi connectivity index (χ0n) is 13.5. The molecule has 1 saturated heterocycles. The van der Waals surface area contributed by atoms with Crippen molar-refractivity contribution < 1.29 is 0 Å². The maximum absolute atomic E-state index is 3.85. The summed E-state index contributed by atoms with van der Waals surface area (Å²) in [7, 11) is 0. The van der Waals surface area contributed by atoms with E-state index >= 15 is 0 Å². The third-order valence-electron chi connectivity index (χ3n) is 5.46. The first-order valence-electron chi connectivity index (χ1n) is 8.44. The van der Waals surface area contributed by atoms with E-state index in [1.165, 1.54) is 58.3 Å². The minimum Gasteiger partial charge on any atom is -0.314 e. The van der Waals surface area contributed by atoms with Crippen LogP contribution in [0.25, 0.3) is 0 Å². The van der Waals surface area contributed by atoms with Gasteiger partial charge in [0.15, 0.2) is 0 Å². The van der Waals surface area contributed by atoms with Crippen LogP contribution >= 0.6 is 0 Å². The van der Waals surface area contributed by atoms with Gasteiger partial charge in [-0.25, -0.2) is 0 Å². The first-order valence-corrected chi connectivity index (χ1v) is 8.44. The average Bonchev–Trinajstić information content (AvgIpc) is 2.84. The van der Waals surface area contributed by atoms with Gasteiger partial charge in [-0.1, -0.05) is 27.7 Å². The fourth-order valence-corrected chi connectivity index (χ4v) is 3.86. The molecule has 0 spiro atoms. The standard InChI is InChI=1S/C17H34N2/c1-5-19-11-10-14(13-19)12-18-16-8-6-15(7-9-16)17(2,3)4/h14-16,18H,5-13H2,1-4H3. The van der Waals surface area contributed by atoms with Crippen LogP contribution in [0.4, 0.5) is 0 Å². The lowest BCUT2D eigenvalue weighted by molar-refractivity contribution is 0.158. The van der Waals surface area contributed by atoms with Crippen molar-refractivity contribution in [2.24, 2.45) is 17.3 Å². The largest absolute Gasteiger partial charge is 0.314 e. The quantitative estimate of drug-likeness (QED) is 0.837. The lowest BCUT2D eigenvalue weighted by Gasteiger charge is -2.37. The van der Waals surface area contributed by atoms with E-state index in [4.69, 9.17) is 0 Å². The van der Waals surface area contributed by atoms with Crippen molar-refractivity contribution in [2.45, 2.75) is 65.8 Å². The molecule has 0 amide bonds. The Labute approximate surface area is 120 Å². The first kappa shape index (κ1) is 15.3. The Hall–Kier alpha value is -0.0800. The second-order valence-electron chi connectivity index (χ2n) is 7.87. The van der Waals surface area contributed by atoms with E-state index in [1.54, 1.807) is 0 Å². The van der Waals surface area contributed by atoms with E-state index in [1.807, 2.05) is 0 Å². The van der Waals surface area contributed by atoms with E-state index in [2.05, 4.69) is 37.9 Å². The number of rotatable bonds is 4. The second-order valence-corrected chi connectivity index (χ2v) is 7.87. The number of nitrogens with zero attached hydrogens (tertiary/aromatic N) is 1. The molecule has 19 heavy (non-hydrogen) atoms. The van der Waals surface area contributed by atoms with Crippen molar-refractivity contribution in [3.05, 3.63) is 0 Å². The highest BCUT2D eigenvalue weighted by molar-refractivity contribution is 4.84. The molecule has 0 aromatic carbocycles. The molecule has 1 aliphatic heterocycles. The molecule has 1 heterocycles. The van der Waals surface area contributed by atoms with Crippen LogP contribution in [0.1, 0.15) is 59.8 Å². The van der Waals surface area contributed by atoms with E-state index in [-0.39, 0.29) is 0 Å². The molecular formula is C17H34N2. The van der Waals surface area contributed by atoms with Crippen LogP contribution in [0.3, 0.4) is 0 Å². The van der Waals surface area contributed by atoms with Crippen LogP contribution in [0, 0.1) is 17.3 Å². The summed E-state index contributed by atoms with van der Waals surface area (Å²) in [5.74, 6) is 1.84. The summed E-state index contributed by atoms with van der Waals surface area (Å²) in [6.07, 6.45) is 7.04. The molecule has 1 atom stereocenters. The monoisotopic (exact) mass is 266 g/mol. The first-order chi connectivity index (χ1) is 8.99. The molecule has 1 N–H and O–H groups in total. The van der Waals surface area contributed by atoms with Gasteiger partial charge in [-0.15, -0.1) is 0 Å². The summed E-state index contributed by atoms with van der Waals surface area (Å²) in [6, 6.07) is 0.800. The minimum atomic E-state index is 0.512. The predicted molar refractivity (Wildman–Crippen MR) is 83.4 cm³/mol.